The van der Waals surface area contributed by atoms with Gasteiger partial charge in [0, 0.05) is 71.7 Å². The van der Waals surface area contributed by atoms with Gasteiger partial charge in [0.25, 0.3) is 0 Å². The average molecular weight is 897 g/mol. The molecule has 0 saturated carbocycles. The lowest BCUT2D eigenvalue weighted by Crippen LogP contribution is -2.48. The van der Waals surface area contributed by atoms with E-state index in [0.717, 1.165) is 70.2 Å². The Morgan fingerprint density at radius 3 is 1.35 bits per heavy atom. The van der Waals surface area contributed by atoms with Gasteiger partial charge in [-0.3, -0.25) is 0 Å². The fourth-order valence-corrected chi connectivity index (χ4v) is 7.99. The molecule has 55 heavy (non-hydrogen) atoms. The molecule has 0 radical (unpaired) electrons. The molecule has 2 amide bonds. The monoisotopic (exact) mass is 894 g/mol. The van der Waals surface area contributed by atoms with Crippen LogP contribution in [0.4, 0.5) is 21.0 Å². The number of hydrogen-bond donors (Lipinski definition) is 1. The van der Waals surface area contributed by atoms with Crippen LogP contribution in [0.2, 0.25) is 0 Å². The number of benzene rings is 2. The number of piperidine rings is 2. The summed E-state index contributed by atoms with van der Waals surface area (Å²) in [7, 11) is 1.40. The minimum absolute atomic E-state index is 0.249. The summed E-state index contributed by atoms with van der Waals surface area (Å²) in [6.07, 6.45) is 2.83. The van der Waals surface area contributed by atoms with Crippen LogP contribution in [-0.2, 0) is 14.2 Å². The summed E-state index contributed by atoms with van der Waals surface area (Å²) in [6, 6.07) is 8.01. The van der Waals surface area contributed by atoms with Crippen molar-refractivity contribution in [1.82, 2.24) is 9.80 Å². The number of rotatable bonds is 8. The van der Waals surface area contributed by atoms with Crippen molar-refractivity contribution in [2.45, 2.75) is 118 Å². The maximum atomic E-state index is 12.3. The first-order valence-electron chi connectivity index (χ1n) is 19.0. The van der Waals surface area contributed by atoms with E-state index in [0.29, 0.717) is 43.3 Å². The average Bonchev–Trinajstić information content (AvgIpc) is 3.10. The van der Waals surface area contributed by atoms with Gasteiger partial charge >= 0.3 is 24.1 Å². The van der Waals surface area contributed by atoms with Crippen molar-refractivity contribution in [1.29, 1.82) is 0 Å². The van der Waals surface area contributed by atoms with Gasteiger partial charge in [-0.2, -0.15) is 0 Å². The highest BCUT2D eigenvalue weighted by molar-refractivity contribution is 9.10. The highest BCUT2D eigenvalue weighted by Crippen LogP contribution is 2.34. The van der Waals surface area contributed by atoms with Crippen LogP contribution in [0, 0.1) is 13.8 Å². The number of hydrogen-bond acceptors (Lipinski definition) is 9. The second-order valence-electron chi connectivity index (χ2n) is 16.0. The molecule has 2 fully saturated rings. The van der Waals surface area contributed by atoms with Crippen LogP contribution >= 0.6 is 31.9 Å². The third kappa shape index (κ3) is 12.7. The zero-order valence-electron chi connectivity index (χ0n) is 34.4. The molecule has 2 aliphatic rings. The number of carbonyl (C=O) groups is 4. The molecule has 2 aromatic carbocycles. The second kappa shape index (κ2) is 19.6. The SMILES string of the molecule is CCN(c1cc(Br)cc(C(=O)O)c1C)C1CCN(C(=O)OC(C)(C)C)CC1.CCN(c1cc(Br)cc(C(=O)OC)c1C)C1CCN(C(=O)OC(C)(C)C)CC1. The number of amides is 2. The molecule has 14 heteroatoms. The number of carboxylic acids is 1. The summed E-state index contributed by atoms with van der Waals surface area (Å²) in [5, 5.41) is 9.47. The van der Waals surface area contributed by atoms with Crippen molar-refractivity contribution < 1.29 is 38.5 Å². The Morgan fingerprint density at radius 1 is 0.691 bits per heavy atom. The van der Waals surface area contributed by atoms with Gasteiger partial charge in [-0.15, -0.1) is 0 Å². The topological polar surface area (TPSA) is 129 Å². The van der Waals surface area contributed by atoms with Gasteiger partial charge < -0.3 is 38.9 Å². The fourth-order valence-electron chi connectivity index (χ4n) is 7.09. The van der Waals surface area contributed by atoms with E-state index < -0.39 is 17.2 Å². The molecule has 0 aromatic heterocycles. The van der Waals surface area contributed by atoms with E-state index in [1.54, 1.807) is 21.9 Å². The Labute approximate surface area is 344 Å². The molecule has 12 nitrogen and oxygen atoms in total. The van der Waals surface area contributed by atoms with Crippen molar-refractivity contribution in [2.75, 3.05) is 56.2 Å². The van der Waals surface area contributed by atoms with Crippen LogP contribution in [0.25, 0.3) is 0 Å². The molecule has 4 rings (SSSR count). The summed E-state index contributed by atoms with van der Waals surface area (Å²) in [5.41, 5.74) is 3.52. The number of nitrogens with zero attached hydrogens (tertiary/aromatic N) is 4. The highest BCUT2D eigenvalue weighted by atomic mass is 79.9. The number of carboxylic acid groups (broad SMARTS) is 1. The molecule has 0 bridgehead atoms. The molecule has 306 valence electrons. The predicted molar refractivity (Wildman–Crippen MR) is 224 cm³/mol. The molecular weight excluding hydrogens is 836 g/mol. The molecule has 0 aliphatic carbocycles. The van der Waals surface area contributed by atoms with E-state index in [9.17, 15) is 24.3 Å². The maximum Gasteiger partial charge on any atom is 0.410 e. The van der Waals surface area contributed by atoms with Crippen LogP contribution in [0.15, 0.2) is 33.2 Å². The van der Waals surface area contributed by atoms with Crippen LogP contribution in [0.5, 0.6) is 0 Å². The Morgan fingerprint density at radius 2 is 1.04 bits per heavy atom. The summed E-state index contributed by atoms with van der Waals surface area (Å²) in [6.45, 7) is 23.4. The molecule has 2 saturated heterocycles. The lowest BCUT2D eigenvalue weighted by molar-refractivity contribution is 0.0194. The first kappa shape index (κ1) is 45.9. The summed E-state index contributed by atoms with van der Waals surface area (Å²) in [5.74, 6) is -1.26. The number of esters is 1. The van der Waals surface area contributed by atoms with E-state index in [1.807, 2.05) is 67.5 Å². The molecule has 0 atom stereocenters. The standard InChI is InChI=1S/C21H31BrN2O4.C20H29BrN2O4/c1-7-24(18-13-15(22)12-17(14(18)2)19(25)27-6)16-8-10-23(11-9-16)20(26)28-21(3,4)5;1-6-23(17-12-14(21)11-16(13(17)2)18(24)25)15-7-9-22(10-8-15)19(26)27-20(3,4)5/h12-13,16H,7-11H2,1-6H3;11-12,15H,6-10H2,1-5H3,(H,24,25). The Balaban J connectivity index is 0.000000296. The van der Waals surface area contributed by atoms with Gasteiger partial charge in [0.15, 0.2) is 0 Å². The van der Waals surface area contributed by atoms with E-state index in [1.165, 1.54) is 7.11 Å². The number of carbonyl (C=O) groups excluding carboxylic acids is 3. The van der Waals surface area contributed by atoms with Gasteiger partial charge in [0.05, 0.1) is 18.2 Å². The maximum absolute atomic E-state index is 12.3. The summed E-state index contributed by atoms with van der Waals surface area (Å²) in [4.78, 5) is 56.4. The first-order valence-corrected chi connectivity index (χ1v) is 20.6. The Kier molecular flexibility index (Phi) is 16.3. The number of halogens is 2. The Bertz CT molecular complexity index is 1670. The van der Waals surface area contributed by atoms with E-state index in [-0.39, 0.29) is 24.2 Å². The molecule has 2 heterocycles. The van der Waals surface area contributed by atoms with Crippen molar-refractivity contribution in [3.8, 4) is 0 Å². The second-order valence-corrected chi connectivity index (χ2v) is 17.8. The van der Waals surface area contributed by atoms with Crippen LogP contribution < -0.4 is 9.80 Å². The molecule has 1 N–H and O–H groups in total. The minimum atomic E-state index is -0.925. The van der Waals surface area contributed by atoms with Crippen LogP contribution in [0.3, 0.4) is 0 Å². The third-order valence-corrected chi connectivity index (χ3v) is 10.7. The molecule has 2 aromatic rings. The van der Waals surface area contributed by atoms with Gasteiger partial charge in [0.2, 0.25) is 0 Å². The molecule has 0 spiro atoms. The van der Waals surface area contributed by atoms with Crippen LogP contribution in [0.1, 0.15) is 113 Å². The molecular formula is C41H60Br2N4O8. The van der Waals surface area contributed by atoms with Gasteiger partial charge in [-0.25, -0.2) is 19.2 Å². The lowest BCUT2D eigenvalue weighted by Gasteiger charge is -2.40. The number of methoxy groups -OCH3 is 1. The first-order chi connectivity index (χ1) is 25.6. The number of anilines is 2. The highest BCUT2D eigenvalue weighted by Gasteiger charge is 2.32. The predicted octanol–water partition coefficient (Wildman–Crippen LogP) is 9.45. The van der Waals surface area contributed by atoms with Crippen molar-refractivity contribution in [3.63, 3.8) is 0 Å². The van der Waals surface area contributed by atoms with Gasteiger partial charge in [-0.05, 0) is 130 Å². The van der Waals surface area contributed by atoms with E-state index in [4.69, 9.17) is 14.2 Å². The smallest absolute Gasteiger partial charge is 0.410 e. The number of ether oxygens (including phenoxy) is 3. The van der Waals surface area contributed by atoms with Gasteiger partial charge in [-0.1, -0.05) is 31.9 Å². The van der Waals surface area contributed by atoms with E-state index in [2.05, 4.69) is 55.5 Å². The van der Waals surface area contributed by atoms with Gasteiger partial charge in [0.1, 0.15) is 11.2 Å². The minimum Gasteiger partial charge on any atom is -0.478 e. The summed E-state index contributed by atoms with van der Waals surface area (Å²) < 4.78 is 17.5. The van der Waals surface area contributed by atoms with Crippen LogP contribution in [-0.4, -0.2) is 109 Å². The lowest BCUT2D eigenvalue weighted by atomic mass is 9.99. The summed E-state index contributed by atoms with van der Waals surface area (Å²) >= 11 is 6.95. The molecule has 0 unspecified atom stereocenters. The van der Waals surface area contributed by atoms with Crippen molar-refractivity contribution in [3.05, 3.63) is 55.5 Å². The van der Waals surface area contributed by atoms with Crippen molar-refractivity contribution in [2.24, 2.45) is 0 Å². The number of aromatic carboxylic acids is 1. The number of likely N-dealkylation sites (tertiary alicyclic amines) is 2. The zero-order chi connectivity index (χ0) is 41.4. The van der Waals surface area contributed by atoms with E-state index >= 15 is 0 Å². The normalized spacial score (nSPS) is 15.4. The Hall–Kier alpha value is -3.52. The zero-order valence-corrected chi connectivity index (χ0v) is 37.6. The molecule has 2 aliphatic heterocycles. The fraction of sp³-hybridized carbons (Fsp3) is 0.610. The third-order valence-electron chi connectivity index (χ3n) is 9.74. The largest absolute Gasteiger partial charge is 0.478 e. The van der Waals surface area contributed by atoms with Crippen molar-refractivity contribution >= 4 is 67.4 Å². The quantitative estimate of drug-likeness (QED) is 0.202.